The number of rotatable bonds is 8. The van der Waals surface area contributed by atoms with E-state index in [1.54, 1.807) is 0 Å². The lowest BCUT2D eigenvalue weighted by Crippen LogP contribution is -2.48. The standard InChI is InChI=1S/C24H34N4O2/c1-3-27(2)17-21(29)18-28-15-13-20(14-16-28)25-24(30)26-23-12-8-7-11-22(23)19-9-5-4-6-10-19/h4-12,20-21,29H,3,13-18H2,1-2H3,(H2,25,26,30). The second-order valence-corrected chi connectivity index (χ2v) is 8.09. The number of benzene rings is 2. The Labute approximate surface area is 179 Å². The van der Waals surface area contributed by atoms with Gasteiger partial charge in [0, 0.05) is 37.8 Å². The second kappa shape index (κ2) is 11.1. The van der Waals surface area contributed by atoms with Gasteiger partial charge in [-0.1, -0.05) is 55.5 Å². The van der Waals surface area contributed by atoms with E-state index >= 15 is 0 Å². The highest BCUT2D eigenvalue weighted by molar-refractivity contribution is 5.94. The Hall–Kier alpha value is -2.41. The van der Waals surface area contributed by atoms with Gasteiger partial charge in [-0.15, -0.1) is 0 Å². The zero-order valence-corrected chi connectivity index (χ0v) is 18.1. The van der Waals surface area contributed by atoms with Crippen LogP contribution in [0.15, 0.2) is 54.6 Å². The van der Waals surface area contributed by atoms with E-state index in [-0.39, 0.29) is 18.2 Å². The third-order valence-electron chi connectivity index (χ3n) is 5.71. The van der Waals surface area contributed by atoms with Crippen LogP contribution in [0.4, 0.5) is 10.5 Å². The number of para-hydroxylation sites is 1. The van der Waals surface area contributed by atoms with Crippen LogP contribution in [0.5, 0.6) is 0 Å². The Kier molecular flexibility index (Phi) is 8.25. The number of likely N-dealkylation sites (N-methyl/N-ethyl adjacent to an activating group) is 1. The molecule has 30 heavy (non-hydrogen) atoms. The maximum Gasteiger partial charge on any atom is 0.319 e. The fourth-order valence-electron chi connectivity index (χ4n) is 3.91. The molecular weight excluding hydrogens is 376 g/mol. The molecule has 0 bridgehead atoms. The van der Waals surface area contributed by atoms with Gasteiger partial charge in [0.05, 0.1) is 11.8 Å². The van der Waals surface area contributed by atoms with Crippen LogP contribution < -0.4 is 10.6 Å². The lowest BCUT2D eigenvalue weighted by Gasteiger charge is -2.34. The molecule has 6 nitrogen and oxygen atoms in total. The quantitative estimate of drug-likeness (QED) is 0.625. The first kappa shape index (κ1) is 22.3. The van der Waals surface area contributed by atoms with Gasteiger partial charge in [0.15, 0.2) is 0 Å². The van der Waals surface area contributed by atoms with Crippen LogP contribution in [0.3, 0.4) is 0 Å². The number of hydrogen-bond acceptors (Lipinski definition) is 4. The van der Waals surface area contributed by atoms with Gasteiger partial charge in [-0.25, -0.2) is 4.79 Å². The van der Waals surface area contributed by atoms with Crippen molar-refractivity contribution in [2.24, 2.45) is 0 Å². The number of anilines is 1. The van der Waals surface area contributed by atoms with Gasteiger partial charge < -0.3 is 25.5 Å². The van der Waals surface area contributed by atoms with Crippen molar-refractivity contribution < 1.29 is 9.90 Å². The maximum atomic E-state index is 12.6. The molecule has 0 saturated carbocycles. The molecule has 2 aromatic carbocycles. The number of amides is 2. The van der Waals surface area contributed by atoms with Crippen LogP contribution in [0.2, 0.25) is 0 Å². The van der Waals surface area contributed by atoms with E-state index in [1.807, 2.05) is 61.6 Å². The Bertz CT molecular complexity index is 791. The Morgan fingerprint density at radius 3 is 2.50 bits per heavy atom. The van der Waals surface area contributed by atoms with E-state index in [0.29, 0.717) is 13.1 Å². The molecule has 1 heterocycles. The van der Waals surface area contributed by atoms with Crippen LogP contribution in [0.1, 0.15) is 19.8 Å². The van der Waals surface area contributed by atoms with E-state index in [9.17, 15) is 9.90 Å². The van der Waals surface area contributed by atoms with Crippen molar-refractivity contribution in [2.75, 3.05) is 45.1 Å². The van der Waals surface area contributed by atoms with Gasteiger partial charge >= 0.3 is 6.03 Å². The van der Waals surface area contributed by atoms with Crippen LogP contribution >= 0.6 is 0 Å². The molecule has 0 radical (unpaired) electrons. The minimum absolute atomic E-state index is 0.153. The number of nitrogens with one attached hydrogen (secondary N) is 2. The normalized spacial score (nSPS) is 16.4. The van der Waals surface area contributed by atoms with Crippen molar-refractivity contribution in [1.29, 1.82) is 0 Å². The number of urea groups is 1. The van der Waals surface area contributed by atoms with Crippen LogP contribution in [0.25, 0.3) is 11.1 Å². The first-order valence-electron chi connectivity index (χ1n) is 10.9. The van der Waals surface area contributed by atoms with Gasteiger partial charge in [-0.3, -0.25) is 0 Å². The Morgan fingerprint density at radius 2 is 1.80 bits per heavy atom. The summed E-state index contributed by atoms with van der Waals surface area (Å²) in [4.78, 5) is 17.0. The van der Waals surface area contributed by atoms with E-state index in [4.69, 9.17) is 0 Å². The smallest absolute Gasteiger partial charge is 0.319 e. The van der Waals surface area contributed by atoms with Crippen molar-refractivity contribution in [3.05, 3.63) is 54.6 Å². The topological polar surface area (TPSA) is 67.8 Å². The zero-order chi connectivity index (χ0) is 21.3. The van der Waals surface area contributed by atoms with Crippen molar-refractivity contribution in [3.63, 3.8) is 0 Å². The largest absolute Gasteiger partial charge is 0.390 e. The number of β-amino-alcohol motifs (C(OH)–C–C–N with tert-alkyl or cyclic N) is 1. The van der Waals surface area contributed by atoms with E-state index in [1.165, 1.54) is 0 Å². The van der Waals surface area contributed by atoms with E-state index in [2.05, 4.69) is 27.4 Å². The van der Waals surface area contributed by atoms with Crippen LogP contribution in [0, 0.1) is 0 Å². The molecule has 1 unspecified atom stereocenters. The molecule has 1 saturated heterocycles. The molecule has 1 atom stereocenters. The fourth-order valence-corrected chi connectivity index (χ4v) is 3.91. The van der Waals surface area contributed by atoms with Crippen LogP contribution in [-0.2, 0) is 0 Å². The van der Waals surface area contributed by atoms with Crippen molar-refractivity contribution >= 4 is 11.7 Å². The third-order valence-corrected chi connectivity index (χ3v) is 5.71. The molecular formula is C24H34N4O2. The Morgan fingerprint density at radius 1 is 1.13 bits per heavy atom. The predicted molar refractivity (Wildman–Crippen MR) is 123 cm³/mol. The fraction of sp³-hybridized carbons (Fsp3) is 0.458. The van der Waals surface area contributed by atoms with Gasteiger partial charge in [-0.2, -0.15) is 0 Å². The van der Waals surface area contributed by atoms with Gasteiger partial charge in [0.25, 0.3) is 0 Å². The summed E-state index contributed by atoms with van der Waals surface area (Å²) in [6.45, 7) is 6.18. The second-order valence-electron chi connectivity index (χ2n) is 8.09. The summed E-state index contributed by atoms with van der Waals surface area (Å²) in [5.41, 5.74) is 2.89. The zero-order valence-electron chi connectivity index (χ0n) is 18.1. The summed E-state index contributed by atoms with van der Waals surface area (Å²) in [6.07, 6.45) is 1.45. The molecule has 1 aliphatic rings. The molecule has 2 amide bonds. The molecule has 0 spiro atoms. The molecule has 3 rings (SSSR count). The van der Waals surface area contributed by atoms with Gasteiger partial charge in [-0.05, 0) is 38.1 Å². The number of aliphatic hydroxyl groups excluding tert-OH is 1. The van der Waals surface area contributed by atoms with E-state index < -0.39 is 0 Å². The third kappa shape index (κ3) is 6.55. The molecule has 0 aliphatic carbocycles. The lowest BCUT2D eigenvalue weighted by molar-refractivity contribution is 0.0715. The number of nitrogens with zero attached hydrogens (tertiary/aromatic N) is 2. The molecule has 3 N–H and O–H groups in total. The van der Waals surface area contributed by atoms with Crippen molar-refractivity contribution in [1.82, 2.24) is 15.1 Å². The lowest BCUT2D eigenvalue weighted by atomic mass is 10.0. The molecule has 162 valence electrons. The summed E-state index contributed by atoms with van der Waals surface area (Å²) >= 11 is 0. The molecule has 1 aliphatic heterocycles. The number of hydrogen-bond donors (Lipinski definition) is 3. The van der Waals surface area contributed by atoms with Crippen LogP contribution in [-0.4, -0.2) is 72.9 Å². The average Bonchev–Trinajstić information content (AvgIpc) is 2.76. The van der Waals surface area contributed by atoms with Crippen molar-refractivity contribution in [3.8, 4) is 11.1 Å². The summed E-state index contributed by atoms with van der Waals surface area (Å²) in [5.74, 6) is 0. The summed E-state index contributed by atoms with van der Waals surface area (Å²) in [6, 6.07) is 17.9. The van der Waals surface area contributed by atoms with Gasteiger partial charge in [0.2, 0.25) is 0 Å². The average molecular weight is 411 g/mol. The highest BCUT2D eigenvalue weighted by Gasteiger charge is 2.22. The number of carbonyl (C=O) groups is 1. The summed E-state index contributed by atoms with van der Waals surface area (Å²) < 4.78 is 0. The first-order chi connectivity index (χ1) is 14.5. The van der Waals surface area contributed by atoms with Crippen molar-refractivity contribution in [2.45, 2.75) is 31.9 Å². The Balaban J connectivity index is 1.47. The summed E-state index contributed by atoms with van der Waals surface area (Å²) in [7, 11) is 2.02. The summed E-state index contributed by atoms with van der Waals surface area (Å²) in [5, 5.41) is 16.4. The highest BCUT2D eigenvalue weighted by Crippen LogP contribution is 2.27. The first-order valence-corrected chi connectivity index (χ1v) is 10.9. The predicted octanol–water partition coefficient (Wildman–Crippen LogP) is 3.25. The number of piperidine rings is 1. The maximum absolute atomic E-state index is 12.6. The monoisotopic (exact) mass is 410 g/mol. The number of likely N-dealkylation sites (tertiary alicyclic amines) is 1. The highest BCUT2D eigenvalue weighted by atomic mass is 16.3. The number of carbonyl (C=O) groups excluding carboxylic acids is 1. The number of aliphatic hydroxyl groups is 1. The molecule has 6 heteroatoms. The molecule has 2 aromatic rings. The molecule has 1 fully saturated rings. The minimum Gasteiger partial charge on any atom is -0.390 e. The van der Waals surface area contributed by atoms with E-state index in [0.717, 1.165) is 49.3 Å². The molecule has 0 aromatic heterocycles. The SMILES string of the molecule is CCN(C)CC(O)CN1CCC(NC(=O)Nc2ccccc2-c2ccccc2)CC1. The minimum atomic E-state index is -0.336. The van der Waals surface area contributed by atoms with Gasteiger partial charge in [0.1, 0.15) is 0 Å².